The lowest BCUT2D eigenvalue weighted by Crippen LogP contribution is -2.28. The number of rotatable bonds is 14. The van der Waals surface area contributed by atoms with Gasteiger partial charge in [-0.2, -0.15) is 0 Å². The molecule has 0 spiro atoms. The van der Waals surface area contributed by atoms with E-state index >= 15 is 0 Å². The van der Waals surface area contributed by atoms with E-state index < -0.39 is 51.7 Å². The lowest BCUT2D eigenvalue weighted by Gasteiger charge is -2.24. The smallest absolute Gasteiger partial charge is 0.262 e. The summed E-state index contributed by atoms with van der Waals surface area (Å²) < 4.78 is 141. The first kappa shape index (κ1) is 55.2. The Balaban J connectivity index is 0.000000254. The lowest BCUT2D eigenvalue weighted by atomic mass is 10.2. The van der Waals surface area contributed by atoms with E-state index in [9.17, 15) is 42.5 Å². The van der Waals surface area contributed by atoms with Gasteiger partial charge < -0.3 is 20.4 Å². The third kappa shape index (κ3) is 14.7. The van der Waals surface area contributed by atoms with Crippen molar-refractivity contribution in [3.05, 3.63) is 157 Å². The van der Waals surface area contributed by atoms with Crippen LogP contribution in [0, 0.1) is 11.6 Å². The lowest BCUT2D eigenvalue weighted by molar-refractivity contribution is 0.594. The zero-order valence-electron chi connectivity index (χ0n) is 37.3. The molecule has 24 heteroatoms. The Morgan fingerprint density at radius 3 is 1.09 bits per heavy atom. The van der Waals surface area contributed by atoms with Crippen LogP contribution < -0.4 is 39.3 Å². The molecule has 0 saturated carbocycles. The highest BCUT2D eigenvalue weighted by Crippen LogP contribution is 2.34. The van der Waals surface area contributed by atoms with Crippen molar-refractivity contribution < 1.29 is 42.5 Å². The number of nitrogens with one attached hydrogen (secondary N) is 6. The minimum absolute atomic E-state index is 0. The number of sulfonamides is 4. The van der Waals surface area contributed by atoms with Crippen LogP contribution in [0.1, 0.15) is 12.8 Å². The molecule has 8 rings (SSSR count). The van der Waals surface area contributed by atoms with Crippen molar-refractivity contribution in [3.63, 3.8) is 0 Å². The number of benzene rings is 6. The van der Waals surface area contributed by atoms with E-state index in [1.54, 1.807) is 60.7 Å². The SMILES string of the molecule is Cl.Cl.O=S(=O)(Nc1ccc(N2CCCNCC2)cc1NS(=O)(=O)c1cccc(F)c1)c1cccc(F)c1.O=S(=O)(Nc1ccc(N2CCCNCC2)cc1NS(=O)(=O)c1ccccc1)c1ccccc1. The predicted molar refractivity (Wildman–Crippen MR) is 276 cm³/mol. The van der Waals surface area contributed by atoms with Crippen LogP contribution in [0.4, 0.5) is 42.9 Å². The van der Waals surface area contributed by atoms with E-state index in [2.05, 4.69) is 34.4 Å². The number of nitrogens with zero attached hydrogens (tertiary/aromatic N) is 2. The molecule has 6 N–H and O–H groups in total. The van der Waals surface area contributed by atoms with E-state index in [0.717, 1.165) is 88.6 Å². The molecular weight excluding hydrogens is 1030 g/mol. The number of hydrogen-bond acceptors (Lipinski definition) is 12. The molecule has 376 valence electrons. The molecule has 2 saturated heterocycles. The van der Waals surface area contributed by atoms with Gasteiger partial charge >= 0.3 is 0 Å². The molecule has 0 bridgehead atoms. The van der Waals surface area contributed by atoms with E-state index in [1.165, 1.54) is 60.7 Å². The maximum atomic E-state index is 13.7. The van der Waals surface area contributed by atoms with Crippen molar-refractivity contribution in [1.29, 1.82) is 0 Å². The maximum absolute atomic E-state index is 13.7. The molecule has 16 nitrogen and oxygen atoms in total. The fourth-order valence-corrected chi connectivity index (χ4v) is 11.7. The molecular formula is C46H52Cl2F2N8O8S4. The molecule has 0 aromatic heterocycles. The van der Waals surface area contributed by atoms with Crippen molar-refractivity contribution in [2.24, 2.45) is 0 Å². The van der Waals surface area contributed by atoms with Gasteiger partial charge in [0.2, 0.25) is 0 Å². The summed E-state index contributed by atoms with van der Waals surface area (Å²) in [6, 6.07) is 34.5. The van der Waals surface area contributed by atoms with E-state index in [0.29, 0.717) is 12.2 Å². The van der Waals surface area contributed by atoms with Crippen LogP contribution >= 0.6 is 24.8 Å². The topological polar surface area (TPSA) is 215 Å². The molecule has 0 atom stereocenters. The van der Waals surface area contributed by atoms with Crippen molar-refractivity contribution in [3.8, 4) is 0 Å². The molecule has 0 radical (unpaired) electrons. The zero-order valence-corrected chi connectivity index (χ0v) is 42.2. The highest BCUT2D eigenvalue weighted by molar-refractivity contribution is 7.93. The molecule has 2 aliphatic rings. The number of halogens is 4. The first-order chi connectivity index (χ1) is 32.5. The second-order valence-electron chi connectivity index (χ2n) is 15.6. The van der Waals surface area contributed by atoms with Gasteiger partial charge in [0, 0.05) is 50.6 Å². The third-order valence-corrected chi connectivity index (χ3v) is 16.2. The summed E-state index contributed by atoms with van der Waals surface area (Å²) in [6.07, 6.45) is 1.83. The fourth-order valence-electron chi connectivity index (χ4n) is 7.29. The monoisotopic (exact) mass is 1080 g/mol. The van der Waals surface area contributed by atoms with Crippen LogP contribution in [0.15, 0.2) is 165 Å². The van der Waals surface area contributed by atoms with Gasteiger partial charge in [-0.1, -0.05) is 48.5 Å². The van der Waals surface area contributed by atoms with Gasteiger partial charge in [0.05, 0.1) is 42.3 Å². The Morgan fingerprint density at radius 1 is 0.371 bits per heavy atom. The van der Waals surface area contributed by atoms with Gasteiger partial charge in [0.15, 0.2) is 0 Å². The van der Waals surface area contributed by atoms with Gasteiger partial charge in [-0.05, 0) is 123 Å². The zero-order chi connectivity index (χ0) is 48.4. The molecule has 70 heavy (non-hydrogen) atoms. The highest BCUT2D eigenvalue weighted by atomic mass is 35.5. The predicted octanol–water partition coefficient (Wildman–Crippen LogP) is 7.30. The highest BCUT2D eigenvalue weighted by Gasteiger charge is 2.24. The van der Waals surface area contributed by atoms with Crippen LogP contribution in [0.5, 0.6) is 0 Å². The van der Waals surface area contributed by atoms with E-state index in [-0.39, 0.29) is 67.1 Å². The summed E-state index contributed by atoms with van der Waals surface area (Å²) in [5.41, 5.74) is 1.68. The minimum Gasteiger partial charge on any atom is -0.370 e. The van der Waals surface area contributed by atoms with Gasteiger partial charge in [-0.15, -0.1) is 24.8 Å². The maximum Gasteiger partial charge on any atom is 0.262 e. The molecule has 6 aromatic rings. The Morgan fingerprint density at radius 2 is 0.714 bits per heavy atom. The van der Waals surface area contributed by atoms with Crippen LogP contribution in [-0.2, 0) is 40.1 Å². The molecule has 0 amide bonds. The second-order valence-corrected chi connectivity index (χ2v) is 22.3. The van der Waals surface area contributed by atoms with Crippen molar-refractivity contribution in [1.82, 2.24) is 10.6 Å². The fraction of sp³-hybridized carbons (Fsp3) is 0.217. The Hall–Kier alpha value is -5.72. The van der Waals surface area contributed by atoms with Gasteiger partial charge in [-0.25, -0.2) is 42.5 Å². The molecule has 2 aliphatic heterocycles. The van der Waals surface area contributed by atoms with Crippen LogP contribution in [0.25, 0.3) is 0 Å². The van der Waals surface area contributed by atoms with Crippen molar-refractivity contribution in [2.45, 2.75) is 32.4 Å². The average Bonchev–Trinajstić information content (AvgIpc) is 3.78. The second kappa shape index (κ2) is 24.4. The first-order valence-corrected chi connectivity index (χ1v) is 27.3. The summed E-state index contributed by atoms with van der Waals surface area (Å²) in [5.74, 6) is -1.46. The Bertz CT molecular complexity index is 3160. The molecule has 6 aromatic carbocycles. The quantitative estimate of drug-likeness (QED) is 0.0634. The summed E-state index contributed by atoms with van der Waals surface area (Å²) in [6.45, 7) is 6.28. The van der Waals surface area contributed by atoms with Crippen LogP contribution in [-0.4, -0.2) is 86.0 Å². The largest absolute Gasteiger partial charge is 0.370 e. The summed E-state index contributed by atoms with van der Waals surface area (Å²) in [4.78, 5) is 3.73. The summed E-state index contributed by atoms with van der Waals surface area (Å²) in [7, 11) is -16.3. The number of hydrogen-bond donors (Lipinski definition) is 6. The average molecular weight is 1080 g/mol. The Labute approximate surface area is 420 Å². The molecule has 0 unspecified atom stereocenters. The third-order valence-electron chi connectivity index (χ3n) is 10.7. The van der Waals surface area contributed by atoms with Crippen LogP contribution in [0.3, 0.4) is 0 Å². The van der Waals surface area contributed by atoms with Crippen LogP contribution in [0.2, 0.25) is 0 Å². The van der Waals surface area contributed by atoms with Gasteiger partial charge in [0.1, 0.15) is 11.6 Å². The number of anilines is 6. The first-order valence-electron chi connectivity index (χ1n) is 21.4. The van der Waals surface area contributed by atoms with Crippen molar-refractivity contribution >= 4 is 99.0 Å². The van der Waals surface area contributed by atoms with Crippen molar-refractivity contribution in [2.75, 3.05) is 81.0 Å². The van der Waals surface area contributed by atoms with E-state index in [1.807, 2.05) is 4.90 Å². The normalized spacial score (nSPS) is 14.5. The summed E-state index contributed by atoms with van der Waals surface area (Å²) in [5, 5.41) is 6.62. The van der Waals surface area contributed by atoms with Gasteiger partial charge in [0.25, 0.3) is 40.1 Å². The minimum atomic E-state index is -4.26. The molecule has 0 aliphatic carbocycles. The van der Waals surface area contributed by atoms with E-state index in [4.69, 9.17) is 0 Å². The molecule has 2 heterocycles. The van der Waals surface area contributed by atoms with Gasteiger partial charge in [-0.3, -0.25) is 18.9 Å². The Kier molecular flexibility index (Phi) is 19.3. The molecule has 2 fully saturated rings. The standard InChI is InChI=1S/C23H24F2N4O4S2.C23H26N4O4S2.2ClH/c24-17-4-1-6-20(14-17)34(30,31)27-22-9-8-19(29-12-3-10-26-11-13-29)16-23(22)28-35(32,33)21-7-2-5-18(25)15-21;28-32(29,20-8-3-1-4-9-20)25-22-13-12-19(27-16-7-14-24-15-17-27)18-23(22)26-33(30,31)21-10-5-2-6-11-21;;/h1-2,4-9,14-16,26-28H,3,10-13H2;1-6,8-13,18,24-26H,7,14-17H2;2*1H. The summed E-state index contributed by atoms with van der Waals surface area (Å²) >= 11 is 0.